The molecule has 0 aliphatic carbocycles. The molecule has 4 aromatic carbocycles. The van der Waals surface area contributed by atoms with E-state index in [1.165, 1.54) is 193 Å². The maximum Gasteiger partial charge on any atom is 2.00 e. The van der Waals surface area contributed by atoms with Gasteiger partial charge in [0, 0.05) is 106 Å². The minimum atomic E-state index is 0. The Hall–Kier alpha value is -2.04. The molecule has 5 heterocycles. The summed E-state index contributed by atoms with van der Waals surface area (Å²) >= 11 is 15.7. The molecule has 8 nitrogen and oxygen atoms in total. The second-order valence-electron chi connectivity index (χ2n) is 26.0. The average Bonchev–Trinajstić information content (AvgIpc) is 1.51. The molecule has 0 N–H and O–H groups in total. The molecular formula is C80H112N8PbS8. The van der Waals surface area contributed by atoms with E-state index in [4.69, 9.17) is 39.9 Å². The number of hydrogen-bond donors (Lipinski definition) is 0. The van der Waals surface area contributed by atoms with Crippen molar-refractivity contribution in [3.05, 3.63) is 48.5 Å². The maximum atomic E-state index is 5.95. The van der Waals surface area contributed by atoms with Gasteiger partial charge in [0.25, 0.3) is 0 Å². The molecule has 0 saturated carbocycles. The van der Waals surface area contributed by atoms with Crippen LogP contribution in [0.15, 0.2) is 87.7 Å². The molecular weight excluding hydrogens is 1540 g/mol. The van der Waals surface area contributed by atoms with Crippen LogP contribution in [0.3, 0.4) is 0 Å². The Morgan fingerprint density at radius 3 is 0.557 bits per heavy atom. The van der Waals surface area contributed by atoms with Gasteiger partial charge in [0.1, 0.15) is 0 Å². The number of hydrogen-bond acceptors (Lipinski definition) is 14. The van der Waals surface area contributed by atoms with Gasteiger partial charge >= 0.3 is 27.3 Å². The summed E-state index contributed by atoms with van der Waals surface area (Å²) in [6.45, 7) is 18.4. The summed E-state index contributed by atoms with van der Waals surface area (Å²) in [4.78, 5) is 56.7. The first-order valence-corrected chi connectivity index (χ1v) is 45.7. The zero-order valence-electron chi connectivity index (χ0n) is 60.2. The van der Waals surface area contributed by atoms with Crippen molar-refractivity contribution in [3.8, 4) is 45.6 Å². The van der Waals surface area contributed by atoms with Crippen LogP contribution in [-0.4, -0.2) is 103 Å². The molecule has 17 heteroatoms. The molecule has 8 bridgehead atoms. The molecule has 0 saturated heterocycles. The van der Waals surface area contributed by atoms with Crippen molar-refractivity contribution < 1.29 is 0 Å². The van der Waals surface area contributed by atoms with Gasteiger partial charge in [-0.25, -0.2) is 9.97 Å². The topological polar surface area (TPSA) is 106 Å². The van der Waals surface area contributed by atoms with Crippen LogP contribution in [0, 0.1) is 0 Å². The molecule has 0 fully saturated rings. The van der Waals surface area contributed by atoms with Gasteiger partial charge in [0.15, 0.2) is 0 Å². The fourth-order valence-corrected chi connectivity index (χ4v) is 21.1. The number of rotatable bonds is 48. The quantitative estimate of drug-likeness (QED) is 0.0205. The van der Waals surface area contributed by atoms with Crippen molar-refractivity contribution in [1.82, 2.24) is 39.9 Å². The van der Waals surface area contributed by atoms with E-state index in [2.05, 4.69) is 104 Å². The number of unbranched alkanes of at least 4 members (excludes halogenated alkanes) is 24. The van der Waals surface area contributed by atoms with E-state index in [9.17, 15) is 0 Å². The summed E-state index contributed by atoms with van der Waals surface area (Å²) in [7, 11) is 0. The summed E-state index contributed by atoms with van der Waals surface area (Å²) in [5, 5.41) is 4.30. The Kier molecular flexibility index (Phi) is 37.6. The van der Waals surface area contributed by atoms with Crippen LogP contribution in [0.25, 0.3) is 89.7 Å². The van der Waals surface area contributed by atoms with Crippen molar-refractivity contribution in [2.45, 2.75) is 300 Å². The molecule has 524 valence electrons. The van der Waals surface area contributed by atoms with Gasteiger partial charge in [-0.15, -0.1) is 94.1 Å². The van der Waals surface area contributed by atoms with Crippen LogP contribution in [0.1, 0.15) is 261 Å². The average molecular weight is 1650 g/mol. The predicted octanol–water partition coefficient (Wildman–Crippen LogP) is 27.1. The molecule has 2 aliphatic rings. The number of aromatic nitrogens is 8. The SMILES string of the molecule is CCCCCCSc1ccc(SCCCCCC)c2c1-c1nc-2nc2[n-]c(nc3nc(nc4[n-]c(n1)c1c(SCCCCCC)ccc(SCCCCCC)c41)-c1c(SCCCCCC)ccc(SCCCCCC)c1-3)c1c(SCCCCCC)ccc(SCCCCCC)c21.[Pb+2]. The van der Waals surface area contributed by atoms with Crippen molar-refractivity contribution in [2.24, 2.45) is 0 Å². The van der Waals surface area contributed by atoms with E-state index in [-0.39, 0.29) is 27.3 Å². The van der Waals surface area contributed by atoms with Gasteiger partial charge in [-0.05, 0) is 146 Å². The number of thioether (sulfide) groups is 8. The minimum absolute atomic E-state index is 0. The summed E-state index contributed by atoms with van der Waals surface area (Å²) in [6, 6.07) is 19.0. The van der Waals surface area contributed by atoms with E-state index in [1.54, 1.807) is 0 Å². The van der Waals surface area contributed by atoms with Gasteiger partial charge in [-0.2, -0.15) is 0 Å². The molecule has 0 atom stereocenters. The van der Waals surface area contributed by atoms with E-state index in [0.29, 0.717) is 45.9 Å². The third-order valence-electron chi connectivity index (χ3n) is 18.0. The van der Waals surface area contributed by atoms with Crippen molar-refractivity contribution in [3.63, 3.8) is 0 Å². The van der Waals surface area contributed by atoms with Crippen molar-refractivity contribution in [2.75, 3.05) is 46.0 Å². The Bertz CT molecular complexity index is 3240. The summed E-state index contributed by atoms with van der Waals surface area (Å²) in [5.41, 5.74) is 7.01. The first-order chi connectivity index (χ1) is 47.4. The molecule has 0 amide bonds. The molecule has 9 rings (SSSR count). The van der Waals surface area contributed by atoms with Crippen LogP contribution >= 0.6 is 94.1 Å². The molecule has 2 radical (unpaired) electrons. The number of nitrogens with zero attached hydrogens (tertiary/aromatic N) is 8. The second-order valence-corrected chi connectivity index (χ2v) is 35.1. The van der Waals surface area contributed by atoms with Crippen LogP contribution < -0.4 is 9.97 Å². The molecule has 2 aliphatic heterocycles. The summed E-state index contributed by atoms with van der Waals surface area (Å²) < 4.78 is 0. The van der Waals surface area contributed by atoms with Crippen molar-refractivity contribution in [1.29, 1.82) is 0 Å². The summed E-state index contributed by atoms with van der Waals surface area (Å²) in [6.07, 6.45) is 38.6. The van der Waals surface area contributed by atoms with Crippen molar-refractivity contribution >= 4 is 166 Å². The van der Waals surface area contributed by atoms with E-state index < -0.39 is 0 Å². The zero-order chi connectivity index (χ0) is 67.1. The third kappa shape index (κ3) is 23.0. The number of benzene rings is 4. The van der Waals surface area contributed by atoms with Crippen LogP contribution in [-0.2, 0) is 0 Å². The monoisotopic (exact) mass is 1650 g/mol. The molecule has 0 spiro atoms. The maximum absolute atomic E-state index is 5.95. The molecule has 0 unspecified atom stereocenters. The molecule has 3 aromatic heterocycles. The molecule has 97 heavy (non-hydrogen) atoms. The Morgan fingerprint density at radius 1 is 0.216 bits per heavy atom. The first-order valence-electron chi connectivity index (χ1n) is 37.8. The van der Waals surface area contributed by atoms with Gasteiger partial charge in [0.05, 0.1) is 23.3 Å². The van der Waals surface area contributed by atoms with Gasteiger partial charge in [-0.1, -0.05) is 209 Å². The fourth-order valence-electron chi connectivity index (χ4n) is 12.6. The Labute approximate surface area is 639 Å². The van der Waals surface area contributed by atoms with E-state index in [1.807, 2.05) is 94.1 Å². The zero-order valence-corrected chi connectivity index (χ0v) is 70.7. The van der Waals surface area contributed by atoms with Gasteiger partial charge < -0.3 is 29.9 Å². The Balaban J connectivity index is 0.0000120. The fraction of sp³-hybridized carbons (Fsp3) is 0.600. The standard InChI is InChI=1S/C80H112N8S8.Pb/c1-9-17-25-33-49-89-57-41-42-58(90-50-34-26-18-10-2)66-65(57)73-81-74(66)86-76-69-61(93-53-37-29-21-13-5)45-46-62(94-54-38-30-22-14-6)70(69)78(83-76)88-80-72-64(96-56-40-32-24-16-8)48-47-63(95-55-39-31-23-15-7)71(72)79(84-80)87-77-68-60(92-52-36-28-20-12-4)44-43-59(67(68)75(82-77)85-73)91-51-35-27-19-11-3;/h41-48H,9-40,49-56H2,1-8H3;/q-2;+2. The van der Waals surface area contributed by atoms with Gasteiger partial charge in [-0.3, -0.25) is 0 Å². The predicted molar refractivity (Wildman–Crippen MR) is 439 cm³/mol. The second kappa shape index (κ2) is 45.2. The third-order valence-corrected chi connectivity index (χ3v) is 27.2. The largest absolute Gasteiger partial charge is 2.00 e. The van der Waals surface area contributed by atoms with Crippen LogP contribution in [0.4, 0.5) is 0 Å². The minimum Gasteiger partial charge on any atom is -0.357 e. The number of fused-ring (bicyclic) bond motifs is 20. The van der Waals surface area contributed by atoms with Gasteiger partial charge in [0.2, 0.25) is 0 Å². The normalized spacial score (nSPS) is 12.0. The summed E-state index contributed by atoms with van der Waals surface area (Å²) in [5.74, 6) is 10.9. The molecule has 7 aromatic rings. The van der Waals surface area contributed by atoms with Crippen LogP contribution in [0.2, 0.25) is 0 Å². The smallest absolute Gasteiger partial charge is 0.357 e. The first kappa shape index (κ1) is 80.6. The van der Waals surface area contributed by atoms with E-state index >= 15 is 0 Å². The van der Waals surface area contributed by atoms with Crippen LogP contribution in [0.5, 0.6) is 0 Å². The van der Waals surface area contributed by atoms with E-state index in [0.717, 1.165) is 141 Å². The Morgan fingerprint density at radius 2 is 0.381 bits per heavy atom.